The quantitative estimate of drug-likeness (QED) is 0.528. The van der Waals surface area contributed by atoms with Gasteiger partial charge in [-0.1, -0.05) is 60.7 Å². The number of aryl methyl sites for hydroxylation is 1. The van der Waals surface area contributed by atoms with Gasteiger partial charge in [-0.3, -0.25) is 9.36 Å². The Hall–Kier alpha value is -1.90. The fraction of sp³-hybridized carbons (Fsp3) is 0.316. The first-order valence-corrected chi connectivity index (χ1v) is 10.1. The van der Waals surface area contributed by atoms with Crippen molar-refractivity contribution in [3.05, 3.63) is 71.8 Å². The lowest BCUT2D eigenvalue weighted by atomic mass is 10.0. The fourth-order valence-corrected chi connectivity index (χ4v) is 4.56. The molecule has 0 aliphatic carbocycles. The van der Waals surface area contributed by atoms with Gasteiger partial charge in [0.2, 0.25) is 7.37 Å². The Balaban J connectivity index is 1.87. The number of aliphatic carboxylic acids is 1. The van der Waals surface area contributed by atoms with Gasteiger partial charge in [-0.15, -0.1) is 0 Å². The Kier molecular flexibility index (Phi) is 6.77. The molecule has 0 heterocycles. The molecule has 0 fully saturated rings. The predicted octanol–water partition coefficient (Wildman–Crippen LogP) is 4.15. The van der Waals surface area contributed by atoms with Gasteiger partial charge in [0.05, 0.1) is 5.92 Å². The molecule has 0 aliphatic heterocycles. The van der Waals surface area contributed by atoms with Gasteiger partial charge >= 0.3 is 5.97 Å². The Bertz CT molecular complexity index is 685. The third kappa shape index (κ3) is 5.95. The summed E-state index contributed by atoms with van der Waals surface area (Å²) in [7, 11) is -3.47. The lowest BCUT2D eigenvalue weighted by Crippen LogP contribution is -2.17. The highest BCUT2D eigenvalue weighted by Crippen LogP contribution is 2.45. The van der Waals surface area contributed by atoms with E-state index in [1.165, 1.54) is 5.56 Å². The average Bonchev–Trinajstić information content (AvgIpc) is 2.58. The normalized spacial score (nSPS) is 14.7. The third-order valence-electron chi connectivity index (χ3n) is 4.03. The van der Waals surface area contributed by atoms with Gasteiger partial charge in [-0.05, 0) is 30.4 Å². The molecule has 24 heavy (non-hydrogen) atoms. The first kappa shape index (κ1) is 18.4. The van der Waals surface area contributed by atoms with E-state index in [1.54, 1.807) is 30.3 Å². The first-order chi connectivity index (χ1) is 11.5. The number of hydrogen-bond acceptors (Lipinski definition) is 2. The Morgan fingerprint density at radius 1 is 0.958 bits per heavy atom. The van der Waals surface area contributed by atoms with Gasteiger partial charge < -0.3 is 10.00 Å². The van der Waals surface area contributed by atoms with Crippen LogP contribution >= 0.6 is 7.37 Å². The molecule has 2 N–H and O–H groups in total. The highest BCUT2D eigenvalue weighted by atomic mass is 31.2. The van der Waals surface area contributed by atoms with E-state index in [9.17, 15) is 19.4 Å². The molecule has 0 aromatic heterocycles. The van der Waals surface area contributed by atoms with E-state index < -0.39 is 19.3 Å². The summed E-state index contributed by atoms with van der Waals surface area (Å²) in [5.74, 6) is -1.99. The third-order valence-corrected chi connectivity index (χ3v) is 5.98. The molecule has 0 amide bonds. The second-order valence-electron chi connectivity index (χ2n) is 6.00. The fourth-order valence-electron chi connectivity index (χ4n) is 2.72. The zero-order valence-corrected chi connectivity index (χ0v) is 14.4. The molecular formula is C19H23O4P. The molecular weight excluding hydrogens is 323 g/mol. The van der Waals surface area contributed by atoms with Crippen molar-refractivity contribution in [2.45, 2.75) is 25.2 Å². The van der Waals surface area contributed by atoms with Crippen molar-refractivity contribution >= 4 is 13.3 Å². The summed E-state index contributed by atoms with van der Waals surface area (Å²) < 4.78 is 12.4. The first-order valence-electron chi connectivity index (χ1n) is 8.10. The highest BCUT2D eigenvalue weighted by molar-refractivity contribution is 7.58. The average molecular weight is 346 g/mol. The molecule has 128 valence electrons. The van der Waals surface area contributed by atoms with Crippen molar-refractivity contribution < 1.29 is 19.4 Å². The van der Waals surface area contributed by atoms with Gasteiger partial charge in [0.1, 0.15) is 0 Å². The number of hydrogen-bond donors (Lipinski definition) is 2. The highest BCUT2D eigenvalue weighted by Gasteiger charge is 2.29. The maximum absolute atomic E-state index is 12.4. The molecule has 2 atom stereocenters. The van der Waals surface area contributed by atoms with Crippen LogP contribution in [0.3, 0.4) is 0 Å². The molecule has 2 rings (SSSR count). The van der Waals surface area contributed by atoms with Crippen molar-refractivity contribution in [1.82, 2.24) is 0 Å². The summed E-state index contributed by atoms with van der Waals surface area (Å²) in [5.41, 5.74) is 1.78. The predicted molar refractivity (Wildman–Crippen MR) is 95.8 cm³/mol. The zero-order chi connectivity index (χ0) is 17.4. The standard InChI is InChI=1S/C19H23O4P/c20-19(21)18(17-12-5-2-6-13-17)15-24(22,23)14-8-7-11-16-9-3-1-4-10-16/h1-6,9-10,12-13,18H,7-8,11,14-15H2,(H,20,21)(H,22,23). The molecule has 5 heteroatoms. The summed E-state index contributed by atoms with van der Waals surface area (Å²) in [5, 5.41) is 9.38. The molecule has 0 aliphatic rings. The second-order valence-corrected chi connectivity index (χ2v) is 8.50. The van der Waals surface area contributed by atoms with Crippen LogP contribution in [0.5, 0.6) is 0 Å². The minimum Gasteiger partial charge on any atom is -0.481 e. The molecule has 4 nitrogen and oxygen atoms in total. The van der Waals surface area contributed by atoms with Crippen molar-refractivity contribution in [2.24, 2.45) is 0 Å². The van der Waals surface area contributed by atoms with Crippen LogP contribution in [0.2, 0.25) is 0 Å². The summed E-state index contributed by atoms with van der Waals surface area (Å²) in [4.78, 5) is 21.6. The monoisotopic (exact) mass is 346 g/mol. The van der Waals surface area contributed by atoms with Crippen molar-refractivity contribution in [3.8, 4) is 0 Å². The van der Waals surface area contributed by atoms with Crippen molar-refractivity contribution in [2.75, 3.05) is 12.3 Å². The molecule has 0 radical (unpaired) electrons. The number of benzene rings is 2. The maximum Gasteiger partial charge on any atom is 0.311 e. The van der Waals surface area contributed by atoms with Crippen molar-refractivity contribution in [1.29, 1.82) is 0 Å². The largest absolute Gasteiger partial charge is 0.481 e. The molecule has 2 unspecified atom stereocenters. The van der Waals surface area contributed by atoms with Crippen LogP contribution in [-0.4, -0.2) is 28.3 Å². The summed E-state index contributed by atoms with van der Waals surface area (Å²) in [6.45, 7) is 0. The van der Waals surface area contributed by atoms with Crippen LogP contribution < -0.4 is 0 Å². The molecule has 0 saturated carbocycles. The Morgan fingerprint density at radius 3 is 2.12 bits per heavy atom. The SMILES string of the molecule is O=C(O)C(CP(=O)(O)CCCCc1ccccc1)c1ccccc1. The second kappa shape index (κ2) is 8.81. The van der Waals surface area contributed by atoms with Gasteiger partial charge in [0.15, 0.2) is 0 Å². The molecule has 0 bridgehead atoms. The minimum atomic E-state index is -3.47. The Labute approximate surface area is 142 Å². The van der Waals surface area contributed by atoms with E-state index in [0.717, 1.165) is 12.8 Å². The van der Waals surface area contributed by atoms with E-state index in [-0.39, 0.29) is 12.3 Å². The van der Waals surface area contributed by atoms with Crippen LogP contribution in [0.15, 0.2) is 60.7 Å². The Morgan fingerprint density at radius 2 is 1.54 bits per heavy atom. The summed E-state index contributed by atoms with van der Waals surface area (Å²) in [6, 6.07) is 18.6. The number of carbonyl (C=O) groups is 1. The minimum absolute atomic E-state index is 0.163. The van der Waals surface area contributed by atoms with Crippen LogP contribution in [0, 0.1) is 0 Å². The van der Waals surface area contributed by atoms with E-state index >= 15 is 0 Å². The van der Waals surface area contributed by atoms with Crippen LogP contribution in [0.25, 0.3) is 0 Å². The lowest BCUT2D eigenvalue weighted by molar-refractivity contribution is -0.138. The topological polar surface area (TPSA) is 74.6 Å². The van der Waals surface area contributed by atoms with Gasteiger partial charge in [-0.25, -0.2) is 0 Å². The summed E-state index contributed by atoms with van der Waals surface area (Å²) >= 11 is 0. The van der Waals surface area contributed by atoms with E-state index in [4.69, 9.17) is 0 Å². The van der Waals surface area contributed by atoms with Gasteiger partial charge in [-0.2, -0.15) is 0 Å². The van der Waals surface area contributed by atoms with E-state index in [1.807, 2.05) is 30.3 Å². The number of carboxylic acid groups (broad SMARTS) is 1. The number of unbranched alkanes of at least 4 members (excludes halogenated alkanes) is 1. The van der Waals surface area contributed by atoms with Crippen LogP contribution in [-0.2, 0) is 15.8 Å². The molecule has 0 spiro atoms. The van der Waals surface area contributed by atoms with Gasteiger partial charge in [0, 0.05) is 12.3 Å². The van der Waals surface area contributed by atoms with E-state index in [0.29, 0.717) is 12.0 Å². The summed E-state index contributed by atoms with van der Waals surface area (Å²) in [6.07, 6.45) is 2.25. The van der Waals surface area contributed by atoms with Crippen LogP contribution in [0.4, 0.5) is 0 Å². The lowest BCUT2D eigenvalue weighted by Gasteiger charge is -2.17. The van der Waals surface area contributed by atoms with Crippen molar-refractivity contribution in [3.63, 3.8) is 0 Å². The van der Waals surface area contributed by atoms with Crippen LogP contribution in [0.1, 0.15) is 29.9 Å². The smallest absolute Gasteiger partial charge is 0.311 e. The van der Waals surface area contributed by atoms with E-state index in [2.05, 4.69) is 0 Å². The maximum atomic E-state index is 12.4. The molecule has 2 aromatic carbocycles. The number of rotatable bonds is 9. The number of carboxylic acids is 1. The van der Waals surface area contributed by atoms with Gasteiger partial charge in [0.25, 0.3) is 0 Å². The molecule has 2 aromatic rings. The zero-order valence-electron chi connectivity index (χ0n) is 13.5. The molecule has 0 saturated heterocycles.